The number of hydrogen-bond donors (Lipinski definition) is 0. The van der Waals surface area contributed by atoms with Gasteiger partial charge in [0.15, 0.2) is 8.07 Å². The second-order valence-electron chi connectivity index (χ2n) is 9.87. The van der Waals surface area contributed by atoms with Gasteiger partial charge in [0.25, 0.3) is 0 Å². The van der Waals surface area contributed by atoms with Crippen LogP contribution in [0.15, 0.2) is 164 Å². The summed E-state index contributed by atoms with van der Waals surface area (Å²) in [6.45, 7) is 2.13. The van der Waals surface area contributed by atoms with Crippen molar-refractivity contribution in [2.24, 2.45) is 0 Å². The molecule has 0 N–H and O–H groups in total. The van der Waals surface area contributed by atoms with Crippen LogP contribution in [0.3, 0.4) is 0 Å². The maximum Gasteiger partial charge on any atom is 0.179 e. The predicted octanol–water partition coefficient (Wildman–Crippen LogP) is 6.71. The average Bonchev–Trinajstić information content (AvgIpc) is 3.00. The van der Waals surface area contributed by atoms with Gasteiger partial charge in [0.1, 0.15) is 0 Å². The van der Waals surface area contributed by atoms with Crippen molar-refractivity contribution in [3.05, 3.63) is 169 Å². The molecule has 0 saturated heterocycles. The predicted molar refractivity (Wildman–Crippen MR) is 166 cm³/mol. The van der Waals surface area contributed by atoms with Crippen LogP contribution in [0.2, 0.25) is 0 Å². The minimum absolute atomic E-state index is 1.24. The van der Waals surface area contributed by atoms with Crippen LogP contribution in [0.5, 0.6) is 0 Å². The number of hydrogen-bond acceptors (Lipinski definition) is 0. The van der Waals surface area contributed by atoms with Crippen molar-refractivity contribution in [3.8, 4) is 22.3 Å². The van der Waals surface area contributed by atoms with Crippen LogP contribution >= 0.6 is 0 Å². The molecule has 0 heterocycles. The Hall–Kier alpha value is -4.46. The molecule has 0 saturated carbocycles. The molecule has 0 fully saturated rings. The summed E-state index contributed by atoms with van der Waals surface area (Å²) in [6.07, 6.45) is 0. The van der Waals surface area contributed by atoms with Crippen LogP contribution in [-0.2, 0) is 0 Å². The quantitative estimate of drug-likeness (QED) is 0.175. The maximum absolute atomic E-state index is 2.49. The molecule has 0 nitrogen and oxygen atoms in total. The average molecular weight is 503 g/mol. The van der Waals surface area contributed by atoms with Gasteiger partial charge in [-0.3, -0.25) is 0 Å². The summed E-state index contributed by atoms with van der Waals surface area (Å²) >= 11 is 0. The van der Waals surface area contributed by atoms with Gasteiger partial charge in [0, 0.05) is 0 Å². The Balaban J connectivity index is 1.50. The fourth-order valence-electron chi connectivity index (χ4n) is 5.60. The van der Waals surface area contributed by atoms with Gasteiger partial charge in [-0.15, -0.1) is 0 Å². The molecule has 6 rings (SSSR count). The fraction of sp³-hybridized carbons (Fsp3) is 0.0270. The lowest BCUT2D eigenvalue weighted by Gasteiger charge is -2.34. The molecule has 0 aromatic heterocycles. The summed E-state index contributed by atoms with van der Waals surface area (Å²) < 4.78 is 0. The standard InChI is InChI=1S/C37H30Si/c1-29-20-22-30(23-21-29)32-12-11-13-33(28-32)31-24-26-37(27-25-31)38(34-14-5-2-6-15-34,35-16-7-3-8-17-35)36-18-9-4-10-19-36/h2-28H,1H3. The Labute approximate surface area is 226 Å². The summed E-state index contributed by atoms with van der Waals surface area (Å²) in [5.74, 6) is 0. The monoisotopic (exact) mass is 502 g/mol. The molecule has 0 amide bonds. The number of rotatable bonds is 6. The molecule has 0 aliphatic carbocycles. The summed E-state index contributed by atoms with van der Waals surface area (Å²) in [5, 5.41) is 5.57. The van der Waals surface area contributed by atoms with Crippen LogP contribution < -0.4 is 20.7 Å². The largest absolute Gasteiger partial charge is 0.179 e. The van der Waals surface area contributed by atoms with E-state index in [4.69, 9.17) is 0 Å². The Kier molecular flexibility index (Phi) is 6.60. The first-order chi connectivity index (χ1) is 18.7. The highest BCUT2D eigenvalue weighted by atomic mass is 28.3. The van der Waals surface area contributed by atoms with Gasteiger partial charge in [-0.05, 0) is 56.0 Å². The van der Waals surface area contributed by atoms with Gasteiger partial charge in [-0.1, -0.05) is 163 Å². The Bertz CT molecular complexity index is 1520. The number of aryl methyl sites for hydroxylation is 1. The SMILES string of the molecule is Cc1ccc(-c2cccc(-c3ccc([Si](c4ccccc4)(c4ccccc4)c4ccccc4)cc3)c2)cc1. The molecule has 0 spiro atoms. The van der Waals surface area contributed by atoms with Crippen LogP contribution in [0, 0.1) is 6.92 Å². The lowest BCUT2D eigenvalue weighted by atomic mass is 9.98. The zero-order valence-corrected chi connectivity index (χ0v) is 22.6. The van der Waals surface area contributed by atoms with Gasteiger partial charge in [0.05, 0.1) is 0 Å². The Morgan fingerprint density at radius 3 is 1.11 bits per heavy atom. The third kappa shape index (κ3) is 4.42. The smallest absolute Gasteiger partial charge is 0.0623 e. The second kappa shape index (κ2) is 10.5. The Morgan fingerprint density at radius 1 is 0.316 bits per heavy atom. The van der Waals surface area contributed by atoms with Crippen LogP contribution in [-0.4, -0.2) is 8.07 Å². The van der Waals surface area contributed by atoms with Crippen LogP contribution in [0.4, 0.5) is 0 Å². The molecular weight excluding hydrogens is 472 g/mol. The lowest BCUT2D eigenvalue weighted by molar-refractivity contribution is 1.47. The zero-order chi connectivity index (χ0) is 25.8. The maximum atomic E-state index is 2.37. The van der Waals surface area contributed by atoms with E-state index in [9.17, 15) is 0 Å². The molecule has 182 valence electrons. The highest BCUT2D eigenvalue weighted by Crippen LogP contribution is 2.26. The molecule has 0 aliphatic heterocycles. The van der Waals surface area contributed by atoms with Crippen molar-refractivity contribution in [2.45, 2.75) is 6.92 Å². The summed E-state index contributed by atoms with van der Waals surface area (Å²) in [4.78, 5) is 0. The first-order valence-electron chi connectivity index (χ1n) is 13.2. The van der Waals surface area contributed by atoms with E-state index in [1.54, 1.807) is 0 Å². The highest BCUT2D eigenvalue weighted by molar-refractivity contribution is 7.19. The summed E-state index contributed by atoms with van der Waals surface area (Å²) in [5.41, 5.74) is 6.25. The molecule has 1 heteroatoms. The minimum Gasteiger partial charge on any atom is -0.0623 e. The topological polar surface area (TPSA) is 0 Å². The zero-order valence-electron chi connectivity index (χ0n) is 21.6. The molecule has 38 heavy (non-hydrogen) atoms. The van der Waals surface area contributed by atoms with E-state index in [0.717, 1.165) is 0 Å². The van der Waals surface area contributed by atoms with E-state index in [0.29, 0.717) is 0 Å². The molecule has 0 unspecified atom stereocenters. The lowest BCUT2D eigenvalue weighted by Crippen LogP contribution is -2.74. The van der Waals surface area contributed by atoms with Gasteiger partial charge < -0.3 is 0 Å². The van der Waals surface area contributed by atoms with Crippen molar-refractivity contribution in [2.75, 3.05) is 0 Å². The summed E-state index contributed by atoms with van der Waals surface area (Å²) in [6, 6.07) is 60.2. The minimum atomic E-state index is -2.49. The molecule has 0 aliphatic rings. The third-order valence-corrected chi connectivity index (χ3v) is 12.3. The fourth-order valence-corrected chi connectivity index (χ4v) is 10.3. The molecule has 6 aromatic rings. The van der Waals surface area contributed by atoms with Crippen LogP contribution in [0.25, 0.3) is 22.3 Å². The molecule has 0 radical (unpaired) electrons. The van der Waals surface area contributed by atoms with E-state index in [1.165, 1.54) is 48.6 Å². The first-order valence-corrected chi connectivity index (χ1v) is 15.2. The van der Waals surface area contributed by atoms with E-state index in [-0.39, 0.29) is 0 Å². The summed E-state index contributed by atoms with van der Waals surface area (Å²) in [7, 11) is -2.49. The van der Waals surface area contributed by atoms with Crippen molar-refractivity contribution in [3.63, 3.8) is 0 Å². The third-order valence-electron chi connectivity index (χ3n) is 7.52. The van der Waals surface area contributed by atoms with Crippen molar-refractivity contribution < 1.29 is 0 Å². The van der Waals surface area contributed by atoms with Gasteiger partial charge >= 0.3 is 0 Å². The molecule has 6 aromatic carbocycles. The molecule has 0 atom stereocenters. The van der Waals surface area contributed by atoms with Crippen molar-refractivity contribution in [1.82, 2.24) is 0 Å². The van der Waals surface area contributed by atoms with E-state index in [2.05, 4.69) is 171 Å². The van der Waals surface area contributed by atoms with Crippen molar-refractivity contribution in [1.29, 1.82) is 0 Å². The van der Waals surface area contributed by atoms with Gasteiger partial charge in [-0.2, -0.15) is 0 Å². The second-order valence-corrected chi connectivity index (χ2v) is 13.7. The van der Waals surface area contributed by atoms with Crippen LogP contribution in [0.1, 0.15) is 5.56 Å². The first kappa shape index (κ1) is 23.9. The van der Waals surface area contributed by atoms with E-state index in [1.807, 2.05) is 0 Å². The van der Waals surface area contributed by atoms with Gasteiger partial charge in [0.2, 0.25) is 0 Å². The van der Waals surface area contributed by atoms with Crippen molar-refractivity contribution >= 4 is 28.8 Å². The van der Waals surface area contributed by atoms with E-state index < -0.39 is 8.07 Å². The Morgan fingerprint density at radius 2 is 0.684 bits per heavy atom. The molecular formula is C37H30Si. The van der Waals surface area contributed by atoms with E-state index >= 15 is 0 Å². The highest BCUT2D eigenvalue weighted by Gasteiger charge is 2.41. The normalized spacial score (nSPS) is 11.3. The molecule has 0 bridgehead atoms. The van der Waals surface area contributed by atoms with Gasteiger partial charge in [-0.25, -0.2) is 0 Å². The number of benzene rings is 6.